The number of rotatable bonds is 6. The Hall–Kier alpha value is -3.87. The van der Waals surface area contributed by atoms with Gasteiger partial charge in [0.2, 0.25) is 0 Å². The van der Waals surface area contributed by atoms with Gasteiger partial charge in [-0.1, -0.05) is 24.3 Å². The van der Waals surface area contributed by atoms with E-state index in [1.807, 2.05) is 18.2 Å². The largest absolute Gasteiger partial charge is 0.481 e. The number of hydrogen-bond acceptors (Lipinski definition) is 4. The molecule has 33 heavy (non-hydrogen) atoms. The maximum atomic E-state index is 12.2. The molecule has 0 saturated heterocycles. The van der Waals surface area contributed by atoms with Crippen LogP contribution in [0, 0.1) is 5.92 Å². The van der Waals surface area contributed by atoms with E-state index in [0.29, 0.717) is 17.5 Å². The molecule has 5 rings (SSSR count). The number of carboxylic acid groups (broad SMARTS) is 1. The molecule has 1 aliphatic carbocycles. The van der Waals surface area contributed by atoms with Gasteiger partial charge in [-0.05, 0) is 73.4 Å². The molecule has 1 saturated carbocycles. The van der Waals surface area contributed by atoms with Crippen LogP contribution in [0.25, 0.3) is 22.4 Å². The zero-order chi connectivity index (χ0) is 22.8. The van der Waals surface area contributed by atoms with Crippen LogP contribution in [-0.4, -0.2) is 27.0 Å². The smallest absolute Gasteiger partial charge is 0.303 e. The summed E-state index contributed by atoms with van der Waals surface area (Å²) in [5.41, 5.74) is 4.61. The molecule has 7 heteroatoms. The summed E-state index contributed by atoms with van der Waals surface area (Å²) >= 11 is 0. The lowest BCUT2D eigenvalue weighted by atomic mass is 9.77. The first kappa shape index (κ1) is 21.0. The van der Waals surface area contributed by atoms with Crippen LogP contribution in [-0.2, 0) is 4.79 Å². The van der Waals surface area contributed by atoms with E-state index < -0.39 is 5.97 Å². The van der Waals surface area contributed by atoms with E-state index in [2.05, 4.69) is 34.6 Å². The van der Waals surface area contributed by atoms with Crippen LogP contribution in [0.15, 0.2) is 65.3 Å². The second-order valence-corrected chi connectivity index (χ2v) is 8.69. The maximum Gasteiger partial charge on any atom is 0.303 e. The van der Waals surface area contributed by atoms with Crippen molar-refractivity contribution >= 4 is 28.6 Å². The summed E-state index contributed by atoms with van der Waals surface area (Å²) in [6.45, 7) is 0. The van der Waals surface area contributed by atoms with Crippen LogP contribution in [0.2, 0.25) is 0 Å². The lowest BCUT2D eigenvalue weighted by Gasteiger charge is -2.28. The minimum absolute atomic E-state index is 0.260. The highest BCUT2D eigenvalue weighted by atomic mass is 16.4. The third kappa shape index (κ3) is 4.67. The van der Waals surface area contributed by atoms with Crippen LogP contribution < -0.4 is 5.32 Å². The maximum absolute atomic E-state index is 12.2. The van der Waals surface area contributed by atoms with E-state index in [9.17, 15) is 9.59 Å². The second kappa shape index (κ2) is 8.94. The van der Waals surface area contributed by atoms with Crippen molar-refractivity contribution in [3.63, 3.8) is 0 Å². The number of imidazole rings is 1. The number of carbonyl (C=O) groups excluding carboxylic acids is 1. The van der Waals surface area contributed by atoms with Gasteiger partial charge in [-0.25, -0.2) is 4.98 Å². The number of carboxylic acids is 1. The summed E-state index contributed by atoms with van der Waals surface area (Å²) in [5, 5.41) is 11.8. The zero-order valence-corrected chi connectivity index (χ0v) is 18.1. The SMILES string of the molecule is O=C(O)CC1CCC(c2ccc(-c3nc4ccc(NC(=O)c5ccco5)cc4[nH]3)cc2)CC1. The second-order valence-electron chi connectivity index (χ2n) is 8.69. The number of benzene rings is 2. The lowest BCUT2D eigenvalue weighted by molar-refractivity contribution is -0.138. The van der Waals surface area contributed by atoms with E-state index >= 15 is 0 Å². The molecule has 0 bridgehead atoms. The average molecular weight is 444 g/mol. The Morgan fingerprint density at radius 1 is 1.06 bits per heavy atom. The number of aliphatic carboxylic acids is 1. The molecule has 0 radical (unpaired) electrons. The highest BCUT2D eigenvalue weighted by Crippen LogP contribution is 2.37. The monoisotopic (exact) mass is 443 g/mol. The van der Waals surface area contributed by atoms with Gasteiger partial charge < -0.3 is 19.8 Å². The van der Waals surface area contributed by atoms with Crippen LogP contribution in [0.1, 0.15) is 54.1 Å². The Labute approximate surface area is 190 Å². The van der Waals surface area contributed by atoms with Crippen LogP contribution in [0.4, 0.5) is 5.69 Å². The minimum atomic E-state index is -0.694. The Morgan fingerprint density at radius 2 is 1.85 bits per heavy atom. The third-order valence-corrected chi connectivity index (χ3v) is 6.45. The standard InChI is InChI=1S/C26H25N3O4/c30-24(31)14-16-3-5-17(6-4-16)18-7-9-19(10-8-18)25-28-21-12-11-20(15-22(21)29-25)27-26(32)23-2-1-13-33-23/h1-2,7-13,15-17H,3-6,14H2,(H,27,32)(H,28,29)(H,30,31). The number of aromatic nitrogens is 2. The quantitative estimate of drug-likeness (QED) is 0.348. The van der Waals surface area contributed by atoms with E-state index in [-0.39, 0.29) is 18.1 Å². The summed E-state index contributed by atoms with van der Waals surface area (Å²) in [4.78, 5) is 31.2. The first-order valence-corrected chi connectivity index (χ1v) is 11.2. The molecule has 3 N–H and O–H groups in total. The Bertz CT molecular complexity index is 1270. The minimum Gasteiger partial charge on any atom is -0.481 e. The van der Waals surface area contributed by atoms with Crippen molar-refractivity contribution in [3.8, 4) is 11.4 Å². The van der Waals surface area contributed by atoms with Gasteiger partial charge in [-0.2, -0.15) is 0 Å². The number of nitrogens with zero attached hydrogens (tertiary/aromatic N) is 1. The van der Waals surface area contributed by atoms with Gasteiger partial charge in [-0.15, -0.1) is 0 Å². The third-order valence-electron chi connectivity index (χ3n) is 6.45. The van der Waals surface area contributed by atoms with Crippen molar-refractivity contribution < 1.29 is 19.1 Å². The summed E-state index contributed by atoms with van der Waals surface area (Å²) < 4.78 is 5.13. The van der Waals surface area contributed by atoms with E-state index in [0.717, 1.165) is 48.1 Å². The van der Waals surface area contributed by atoms with Gasteiger partial charge in [-0.3, -0.25) is 9.59 Å². The summed E-state index contributed by atoms with van der Waals surface area (Å²) in [6.07, 6.45) is 5.77. The fourth-order valence-corrected chi connectivity index (χ4v) is 4.68. The van der Waals surface area contributed by atoms with Gasteiger partial charge in [0.05, 0.1) is 17.3 Å². The first-order valence-electron chi connectivity index (χ1n) is 11.2. The Morgan fingerprint density at radius 3 is 2.55 bits per heavy atom. The molecule has 2 aromatic carbocycles. The van der Waals surface area contributed by atoms with Crippen molar-refractivity contribution in [2.45, 2.75) is 38.0 Å². The van der Waals surface area contributed by atoms with E-state index in [1.54, 1.807) is 12.1 Å². The van der Waals surface area contributed by atoms with Gasteiger partial charge in [0, 0.05) is 17.7 Å². The molecule has 4 aromatic rings. The number of nitrogens with one attached hydrogen (secondary N) is 2. The summed E-state index contributed by atoms with van der Waals surface area (Å²) in [5.74, 6) is 0.835. The fraction of sp³-hybridized carbons (Fsp3) is 0.269. The van der Waals surface area contributed by atoms with Gasteiger partial charge in [0.1, 0.15) is 5.82 Å². The topological polar surface area (TPSA) is 108 Å². The molecule has 1 fully saturated rings. The number of fused-ring (bicyclic) bond motifs is 1. The number of H-pyrrole nitrogens is 1. The average Bonchev–Trinajstić information content (AvgIpc) is 3.49. The number of anilines is 1. The predicted molar refractivity (Wildman–Crippen MR) is 125 cm³/mol. The summed E-state index contributed by atoms with van der Waals surface area (Å²) in [7, 11) is 0. The molecule has 2 heterocycles. The van der Waals surface area contributed by atoms with E-state index in [1.165, 1.54) is 11.8 Å². The Kier molecular flexibility index (Phi) is 5.69. The summed E-state index contributed by atoms with van der Waals surface area (Å²) in [6, 6.07) is 17.3. The molecule has 0 atom stereocenters. The molecule has 0 spiro atoms. The normalized spacial score (nSPS) is 18.3. The van der Waals surface area contributed by atoms with Gasteiger partial charge in [0.15, 0.2) is 5.76 Å². The van der Waals surface area contributed by atoms with Gasteiger partial charge in [0.25, 0.3) is 5.91 Å². The van der Waals surface area contributed by atoms with Crippen molar-refractivity contribution in [1.29, 1.82) is 0 Å². The molecular weight excluding hydrogens is 418 g/mol. The molecule has 1 amide bonds. The molecule has 168 valence electrons. The van der Waals surface area contributed by atoms with Crippen LogP contribution in [0.5, 0.6) is 0 Å². The molecule has 0 aliphatic heterocycles. The molecule has 1 aliphatic rings. The van der Waals surface area contributed by atoms with Crippen molar-refractivity contribution in [2.24, 2.45) is 5.92 Å². The molecule has 0 unspecified atom stereocenters. The zero-order valence-electron chi connectivity index (χ0n) is 18.1. The van der Waals surface area contributed by atoms with Crippen LogP contribution in [0.3, 0.4) is 0 Å². The van der Waals surface area contributed by atoms with Crippen LogP contribution >= 0.6 is 0 Å². The molecular formula is C26H25N3O4. The van der Waals surface area contributed by atoms with Crippen molar-refractivity contribution in [1.82, 2.24) is 9.97 Å². The Balaban J connectivity index is 1.27. The number of hydrogen-bond donors (Lipinski definition) is 3. The number of furan rings is 1. The first-order chi connectivity index (χ1) is 16.0. The molecule has 7 nitrogen and oxygen atoms in total. The van der Waals surface area contributed by atoms with Gasteiger partial charge >= 0.3 is 5.97 Å². The number of amides is 1. The number of carbonyl (C=O) groups is 2. The highest BCUT2D eigenvalue weighted by Gasteiger charge is 2.24. The molecule has 2 aromatic heterocycles. The van der Waals surface area contributed by atoms with Crippen molar-refractivity contribution in [2.75, 3.05) is 5.32 Å². The highest BCUT2D eigenvalue weighted by molar-refractivity contribution is 6.03. The predicted octanol–water partition coefficient (Wildman–Crippen LogP) is 5.82. The van der Waals surface area contributed by atoms with E-state index in [4.69, 9.17) is 14.5 Å². The lowest BCUT2D eigenvalue weighted by Crippen LogP contribution is -2.16. The number of aromatic amines is 1. The van der Waals surface area contributed by atoms with Crippen molar-refractivity contribution in [3.05, 3.63) is 72.2 Å². The fourth-order valence-electron chi connectivity index (χ4n) is 4.68.